The molecule has 1 aromatic carbocycles. The molecular formula is C18H14N6O2. The zero-order valence-electron chi connectivity index (χ0n) is 13.5. The summed E-state index contributed by atoms with van der Waals surface area (Å²) in [5, 5.41) is 19.9. The first kappa shape index (κ1) is 15.7. The van der Waals surface area contributed by atoms with Gasteiger partial charge in [-0.1, -0.05) is 24.3 Å². The van der Waals surface area contributed by atoms with Crippen LogP contribution in [0.2, 0.25) is 0 Å². The monoisotopic (exact) mass is 346 g/mol. The van der Waals surface area contributed by atoms with E-state index in [1.807, 2.05) is 30.3 Å². The van der Waals surface area contributed by atoms with Crippen LogP contribution in [0.3, 0.4) is 0 Å². The van der Waals surface area contributed by atoms with Gasteiger partial charge in [-0.3, -0.25) is 5.10 Å². The fraction of sp³-hybridized carbons (Fsp3) is 0.0556. The first-order valence-corrected chi connectivity index (χ1v) is 7.87. The smallest absolute Gasteiger partial charge is 0.358 e. The van der Waals surface area contributed by atoms with Crippen molar-refractivity contribution in [3.8, 4) is 11.1 Å². The number of carbonyl (C=O) groups is 1. The predicted octanol–water partition coefficient (Wildman–Crippen LogP) is 2.73. The number of H-pyrrole nitrogens is 1. The van der Waals surface area contributed by atoms with Gasteiger partial charge in [0.1, 0.15) is 0 Å². The molecule has 0 saturated carbocycles. The van der Waals surface area contributed by atoms with Gasteiger partial charge in [0.15, 0.2) is 17.2 Å². The third kappa shape index (κ3) is 3.07. The van der Waals surface area contributed by atoms with E-state index in [1.165, 1.54) is 12.4 Å². The topological polar surface area (TPSA) is 117 Å². The molecule has 0 saturated heterocycles. The lowest BCUT2D eigenvalue weighted by atomic mass is 10.0. The fourth-order valence-electron chi connectivity index (χ4n) is 2.62. The van der Waals surface area contributed by atoms with Gasteiger partial charge in [0.2, 0.25) is 0 Å². The number of carboxylic acids is 1. The molecule has 3 aromatic heterocycles. The Kier molecular flexibility index (Phi) is 3.98. The summed E-state index contributed by atoms with van der Waals surface area (Å²) in [6, 6.07) is 9.96. The zero-order chi connectivity index (χ0) is 17.9. The number of carboxylic acid groups (broad SMARTS) is 1. The number of rotatable bonds is 5. The van der Waals surface area contributed by atoms with Crippen molar-refractivity contribution in [1.29, 1.82) is 0 Å². The van der Waals surface area contributed by atoms with Crippen molar-refractivity contribution in [2.75, 3.05) is 5.32 Å². The number of aromatic nitrogens is 5. The fourth-order valence-corrected chi connectivity index (χ4v) is 2.62. The molecular weight excluding hydrogens is 332 g/mol. The first-order chi connectivity index (χ1) is 12.7. The van der Waals surface area contributed by atoms with Crippen molar-refractivity contribution in [1.82, 2.24) is 25.1 Å². The van der Waals surface area contributed by atoms with Gasteiger partial charge in [-0.2, -0.15) is 5.10 Å². The average Bonchev–Trinajstić information content (AvgIpc) is 3.15. The highest BCUT2D eigenvalue weighted by Crippen LogP contribution is 2.22. The van der Waals surface area contributed by atoms with Crippen LogP contribution in [0, 0.1) is 0 Å². The number of nitrogens with zero attached hydrogens (tertiary/aromatic N) is 4. The Bertz CT molecular complexity index is 1070. The average molecular weight is 346 g/mol. The van der Waals surface area contributed by atoms with Gasteiger partial charge in [0.05, 0.1) is 6.20 Å². The molecule has 4 rings (SSSR count). The molecule has 0 amide bonds. The van der Waals surface area contributed by atoms with Crippen LogP contribution in [-0.2, 0) is 6.54 Å². The van der Waals surface area contributed by atoms with Gasteiger partial charge in [-0.25, -0.2) is 19.7 Å². The molecule has 0 aliphatic rings. The van der Waals surface area contributed by atoms with Crippen LogP contribution in [0.4, 0.5) is 5.82 Å². The number of aromatic amines is 1. The molecule has 0 unspecified atom stereocenters. The van der Waals surface area contributed by atoms with Gasteiger partial charge in [-0.15, -0.1) is 0 Å². The van der Waals surface area contributed by atoms with Crippen molar-refractivity contribution in [2.24, 2.45) is 0 Å². The zero-order valence-corrected chi connectivity index (χ0v) is 13.5. The molecule has 3 heterocycles. The van der Waals surface area contributed by atoms with Crippen molar-refractivity contribution < 1.29 is 9.90 Å². The van der Waals surface area contributed by atoms with Gasteiger partial charge in [0.25, 0.3) is 0 Å². The lowest BCUT2D eigenvalue weighted by molar-refractivity contribution is 0.0691. The summed E-state index contributed by atoms with van der Waals surface area (Å²) in [5.74, 6) is -0.864. The molecule has 4 aromatic rings. The van der Waals surface area contributed by atoms with Gasteiger partial charge >= 0.3 is 5.97 Å². The van der Waals surface area contributed by atoms with Crippen LogP contribution in [-0.4, -0.2) is 36.2 Å². The van der Waals surface area contributed by atoms with Crippen molar-refractivity contribution >= 4 is 22.8 Å². The van der Waals surface area contributed by atoms with Crippen molar-refractivity contribution in [3.63, 3.8) is 0 Å². The summed E-state index contributed by atoms with van der Waals surface area (Å²) in [7, 11) is 0. The summed E-state index contributed by atoms with van der Waals surface area (Å²) in [6.45, 7) is 0.443. The maximum absolute atomic E-state index is 11.2. The first-order valence-electron chi connectivity index (χ1n) is 7.87. The third-order valence-corrected chi connectivity index (χ3v) is 3.94. The molecule has 0 radical (unpaired) electrons. The second kappa shape index (κ2) is 6.60. The predicted molar refractivity (Wildman–Crippen MR) is 95.6 cm³/mol. The number of hydrogen-bond donors (Lipinski definition) is 3. The number of nitrogens with one attached hydrogen (secondary N) is 2. The van der Waals surface area contributed by atoms with E-state index in [1.54, 1.807) is 12.4 Å². The molecule has 26 heavy (non-hydrogen) atoms. The van der Waals surface area contributed by atoms with E-state index in [2.05, 4.69) is 30.5 Å². The van der Waals surface area contributed by atoms with Gasteiger partial charge in [0, 0.05) is 36.1 Å². The van der Waals surface area contributed by atoms with E-state index >= 15 is 0 Å². The second-order valence-electron chi connectivity index (χ2n) is 5.64. The molecule has 0 aliphatic carbocycles. The van der Waals surface area contributed by atoms with Crippen LogP contribution >= 0.6 is 0 Å². The summed E-state index contributed by atoms with van der Waals surface area (Å²) in [6.07, 6.45) is 6.35. The van der Waals surface area contributed by atoms with Crippen LogP contribution in [0.1, 0.15) is 16.1 Å². The Morgan fingerprint density at radius 2 is 1.85 bits per heavy atom. The Labute approximate surface area is 148 Å². The minimum Gasteiger partial charge on any atom is -0.476 e. The molecule has 3 N–H and O–H groups in total. The van der Waals surface area contributed by atoms with Crippen molar-refractivity contribution in [3.05, 3.63) is 66.4 Å². The number of fused-ring (bicyclic) bond motifs is 1. The van der Waals surface area contributed by atoms with Crippen molar-refractivity contribution in [2.45, 2.75) is 6.54 Å². The standard InChI is InChI=1S/C18H14N6O2/c25-18(26)15-17(20-6-5-19-15)21-8-11-1-3-12(4-2-11)13-7-14-10-23-24-16(14)22-9-13/h1-7,9-10H,8H2,(H,20,21)(H,25,26)(H,22,23,24). The van der Waals surface area contributed by atoms with E-state index in [9.17, 15) is 4.79 Å². The molecule has 0 atom stereocenters. The number of aromatic carboxylic acids is 1. The summed E-state index contributed by atoms with van der Waals surface area (Å²) < 4.78 is 0. The van der Waals surface area contributed by atoms with Crippen LogP contribution < -0.4 is 5.32 Å². The van der Waals surface area contributed by atoms with E-state index in [0.717, 1.165) is 27.7 Å². The Morgan fingerprint density at radius 3 is 2.65 bits per heavy atom. The highest BCUT2D eigenvalue weighted by atomic mass is 16.4. The van der Waals surface area contributed by atoms with Gasteiger partial charge < -0.3 is 10.4 Å². The largest absolute Gasteiger partial charge is 0.476 e. The third-order valence-electron chi connectivity index (χ3n) is 3.94. The highest BCUT2D eigenvalue weighted by molar-refractivity contribution is 5.90. The summed E-state index contributed by atoms with van der Waals surface area (Å²) in [5.41, 5.74) is 3.69. The van der Waals surface area contributed by atoms with E-state index in [0.29, 0.717) is 6.54 Å². The van der Waals surface area contributed by atoms with E-state index in [4.69, 9.17) is 5.11 Å². The maximum Gasteiger partial charge on any atom is 0.358 e. The van der Waals surface area contributed by atoms with E-state index in [-0.39, 0.29) is 11.5 Å². The number of benzene rings is 1. The Balaban J connectivity index is 1.50. The SMILES string of the molecule is O=C(O)c1nccnc1NCc1ccc(-c2cnc3[nH]ncc3c2)cc1. The molecule has 128 valence electrons. The second-order valence-corrected chi connectivity index (χ2v) is 5.64. The summed E-state index contributed by atoms with van der Waals surface area (Å²) in [4.78, 5) is 23.4. The molecule has 0 aliphatic heterocycles. The van der Waals surface area contributed by atoms with Crippen LogP contribution in [0.25, 0.3) is 22.2 Å². The van der Waals surface area contributed by atoms with E-state index < -0.39 is 5.97 Å². The molecule has 8 heteroatoms. The Morgan fingerprint density at radius 1 is 1.04 bits per heavy atom. The summed E-state index contributed by atoms with van der Waals surface area (Å²) >= 11 is 0. The van der Waals surface area contributed by atoms with Crippen LogP contribution in [0.5, 0.6) is 0 Å². The Hall–Kier alpha value is -3.81. The molecule has 0 fully saturated rings. The maximum atomic E-state index is 11.2. The number of hydrogen-bond acceptors (Lipinski definition) is 6. The quantitative estimate of drug-likeness (QED) is 0.508. The number of pyridine rings is 1. The minimum atomic E-state index is -1.11. The molecule has 0 bridgehead atoms. The number of anilines is 1. The lowest BCUT2D eigenvalue weighted by Crippen LogP contribution is -2.10. The lowest BCUT2D eigenvalue weighted by Gasteiger charge is -2.08. The highest BCUT2D eigenvalue weighted by Gasteiger charge is 2.12. The van der Waals surface area contributed by atoms with Gasteiger partial charge in [-0.05, 0) is 17.2 Å². The minimum absolute atomic E-state index is 0.0939. The van der Waals surface area contributed by atoms with Crippen LogP contribution in [0.15, 0.2) is 55.1 Å². The molecule has 8 nitrogen and oxygen atoms in total. The molecule has 0 spiro atoms. The normalized spacial score (nSPS) is 10.8.